The van der Waals surface area contributed by atoms with Gasteiger partial charge in [-0.05, 0) is 54.4 Å². The van der Waals surface area contributed by atoms with Crippen LogP contribution in [0.4, 0.5) is 10.5 Å². The Balaban J connectivity index is 1.71. The highest BCUT2D eigenvalue weighted by atomic mass is 35.5. The van der Waals surface area contributed by atoms with Crippen molar-refractivity contribution in [2.75, 3.05) is 11.9 Å². The van der Waals surface area contributed by atoms with Crippen molar-refractivity contribution in [2.24, 2.45) is 0 Å². The van der Waals surface area contributed by atoms with Gasteiger partial charge in [0.1, 0.15) is 6.04 Å². The molecule has 1 aliphatic heterocycles. The lowest BCUT2D eigenvalue weighted by Gasteiger charge is -2.37. The van der Waals surface area contributed by atoms with Crippen molar-refractivity contribution in [1.82, 2.24) is 9.47 Å². The fourth-order valence-electron chi connectivity index (χ4n) is 3.57. The Morgan fingerprint density at radius 1 is 1.07 bits per heavy atom. The molecule has 0 fully saturated rings. The van der Waals surface area contributed by atoms with Crippen molar-refractivity contribution in [3.63, 3.8) is 0 Å². The summed E-state index contributed by atoms with van der Waals surface area (Å²) in [6.45, 7) is 3.33. The molecule has 0 bridgehead atoms. The van der Waals surface area contributed by atoms with Gasteiger partial charge >= 0.3 is 6.03 Å². The second-order valence-corrected chi connectivity index (χ2v) is 7.53. The number of aromatic nitrogens is 1. The largest absolute Gasteiger partial charge is 0.348 e. The SMILES string of the molecule is Cc1cccc(NC(=O)N2CCn3cccc3[C@@H]2c2ccc(Cl)cc2Cl)c1. The fraction of sp³-hybridized carbons (Fsp3) is 0.190. The molecule has 0 radical (unpaired) electrons. The lowest BCUT2D eigenvalue weighted by molar-refractivity contribution is 0.182. The number of hydrogen-bond donors (Lipinski definition) is 1. The molecule has 1 N–H and O–H groups in total. The van der Waals surface area contributed by atoms with Crippen LogP contribution in [-0.4, -0.2) is 22.0 Å². The molecule has 2 amide bonds. The molecule has 1 aliphatic rings. The molecule has 2 heterocycles. The minimum absolute atomic E-state index is 0.149. The van der Waals surface area contributed by atoms with E-state index in [1.807, 2.05) is 60.5 Å². The summed E-state index contributed by atoms with van der Waals surface area (Å²) in [7, 11) is 0. The molecule has 0 unspecified atom stereocenters. The van der Waals surface area contributed by atoms with Gasteiger partial charge in [0.25, 0.3) is 0 Å². The number of nitrogens with zero attached hydrogens (tertiary/aromatic N) is 2. The molecule has 0 saturated carbocycles. The fourth-order valence-corrected chi connectivity index (χ4v) is 4.08. The van der Waals surface area contributed by atoms with E-state index in [1.54, 1.807) is 12.1 Å². The minimum Gasteiger partial charge on any atom is -0.348 e. The van der Waals surface area contributed by atoms with Crippen molar-refractivity contribution >= 4 is 34.9 Å². The van der Waals surface area contributed by atoms with Crippen LogP contribution in [0.5, 0.6) is 0 Å². The molecule has 4 nitrogen and oxygen atoms in total. The molecule has 6 heteroatoms. The zero-order chi connectivity index (χ0) is 19.0. The first kappa shape index (κ1) is 18.0. The molecule has 1 aromatic heterocycles. The molecule has 3 aromatic rings. The van der Waals surface area contributed by atoms with E-state index in [1.165, 1.54) is 0 Å². The number of halogens is 2. The van der Waals surface area contributed by atoms with Gasteiger partial charge in [-0.1, -0.05) is 41.4 Å². The summed E-state index contributed by atoms with van der Waals surface area (Å²) in [5.74, 6) is 0. The van der Waals surface area contributed by atoms with Crippen molar-refractivity contribution in [1.29, 1.82) is 0 Å². The Kier molecular flexibility index (Phi) is 4.85. The highest BCUT2D eigenvalue weighted by molar-refractivity contribution is 6.35. The molecule has 0 spiro atoms. The van der Waals surface area contributed by atoms with Crippen LogP contribution in [0.15, 0.2) is 60.8 Å². The highest BCUT2D eigenvalue weighted by Gasteiger charge is 2.33. The number of anilines is 1. The molecule has 2 aromatic carbocycles. The van der Waals surface area contributed by atoms with Crippen LogP contribution < -0.4 is 5.32 Å². The van der Waals surface area contributed by atoms with E-state index in [4.69, 9.17) is 23.2 Å². The quantitative estimate of drug-likeness (QED) is 0.585. The number of nitrogens with one attached hydrogen (secondary N) is 1. The van der Waals surface area contributed by atoms with E-state index in [2.05, 4.69) is 9.88 Å². The van der Waals surface area contributed by atoms with Crippen LogP contribution in [0.2, 0.25) is 10.0 Å². The molecule has 0 aliphatic carbocycles. The molecule has 0 saturated heterocycles. The number of hydrogen-bond acceptors (Lipinski definition) is 1. The highest BCUT2D eigenvalue weighted by Crippen LogP contribution is 2.37. The normalized spacial score (nSPS) is 16.1. The molecule has 1 atom stereocenters. The van der Waals surface area contributed by atoms with Gasteiger partial charge in [0.15, 0.2) is 0 Å². The van der Waals surface area contributed by atoms with Gasteiger partial charge in [-0.25, -0.2) is 4.79 Å². The van der Waals surface area contributed by atoms with Crippen LogP contribution in [-0.2, 0) is 6.54 Å². The Morgan fingerprint density at radius 2 is 1.93 bits per heavy atom. The number of benzene rings is 2. The number of fused-ring (bicyclic) bond motifs is 1. The average molecular weight is 400 g/mol. The number of aryl methyl sites for hydroxylation is 1. The Morgan fingerprint density at radius 3 is 2.70 bits per heavy atom. The number of carbonyl (C=O) groups is 1. The van der Waals surface area contributed by atoms with Gasteiger partial charge in [0, 0.05) is 40.7 Å². The van der Waals surface area contributed by atoms with E-state index < -0.39 is 0 Å². The zero-order valence-electron chi connectivity index (χ0n) is 14.8. The molecule has 4 rings (SSSR count). The third kappa shape index (κ3) is 3.55. The summed E-state index contributed by atoms with van der Waals surface area (Å²) in [5, 5.41) is 4.14. The van der Waals surface area contributed by atoms with E-state index in [0.29, 0.717) is 16.6 Å². The monoisotopic (exact) mass is 399 g/mol. The first-order valence-corrected chi connectivity index (χ1v) is 9.53. The van der Waals surface area contributed by atoms with E-state index in [0.717, 1.165) is 29.1 Å². The van der Waals surface area contributed by atoms with Crippen LogP contribution in [0.3, 0.4) is 0 Å². The summed E-state index contributed by atoms with van der Waals surface area (Å²) in [4.78, 5) is 14.9. The lowest BCUT2D eigenvalue weighted by atomic mass is 10.00. The number of carbonyl (C=O) groups excluding carboxylic acids is 1. The lowest BCUT2D eigenvalue weighted by Crippen LogP contribution is -2.44. The predicted octanol–water partition coefficient (Wildman–Crippen LogP) is 5.74. The summed E-state index contributed by atoms with van der Waals surface area (Å²) in [6, 6.07) is 16.8. The smallest absolute Gasteiger partial charge is 0.322 e. The van der Waals surface area contributed by atoms with Crippen molar-refractivity contribution in [3.8, 4) is 0 Å². The van der Waals surface area contributed by atoms with Crippen LogP contribution >= 0.6 is 23.2 Å². The maximum atomic E-state index is 13.1. The number of rotatable bonds is 2. The number of urea groups is 1. The third-order valence-corrected chi connectivity index (χ3v) is 5.39. The van der Waals surface area contributed by atoms with Crippen LogP contribution in [0.25, 0.3) is 0 Å². The molecular weight excluding hydrogens is 381 g/mol. The van der Waals surface area contributed by atoms with Crippen LogP contribution in [0, 0.1) is 6.92 Å². The van der Waals surface area contributed by atoms with Gasteiger partial charge in [-0.3, -0.25) is 0 Å². The van der Waals surface area contributed by atoms with E-state index in [-0.39, 0.29) is 12.1 Å². The standard InChI is InChI=1S/C21H19Cl2N3O/c1-14-4-2-5-16(12-14)24-21(27)26-11-10-25-9-3-6-19(25)20(26)17-8-7-15(22)13-18(17)23/h2-9,12-13,20H,10-11H2,1H3,(H,24,27)/t20-/m0/s1. The minimum atomic E-state index is -0.275. The number of amides is 2. The van der Waals surface area contributed by atoms with Crippen molar-refractivity contribution in [2.45, 2.75) is 19.5 Å². The average Bonchev–Trinajstić information content (AvgIpc) is 3.10. The summed E-state index contributed by atoms with van der Waals surface area (Å²) in [5.41, 5.74) is 3.77. The van der Waals surface area contributed by atoms with Gasteiger partial charge in [-0.15, -0.1) is 0 Å². The van der Waals surface area contributed by atoms with Crippen molar-refractivity contribution < 1.29 is 4.79 Å². The Bertz CT molecular complexity index is 999. The zero-order valence-corrected chi connectivity index (χ0v) is 16.3. The summed E-state index contributed by atoms with van der Waals surface area (Å²) in [6.07, 6.45) is 2.03. The summed E-state index contributed by atoms with van der Waals surface area (Å²) < 4.78 is 2.16. The Labute approximate surface area is 168 Å². The van der Waals surface area contributed by atoms with Gasteiger partial charge in [-0.2, -0.15) is 0 Å². The van der Waals surface area contributed by atoms with Gasteiger partial charge in [0.2, 0.25) is 0 Å². The first-order chi connectivity index (χ1) is 13.0. The topological polar surface area (TPSA) is 37.3 Å². The predicted molar refractivity (Wildman–Crippen MR) is 110 cm³/mol. The maximum Gasteiger partial charge on any atom is 0.322 e. The maximum absolute atomic E-state index is 13.1. The van der Waals surface area contributed by atoms with Crippen LogP contribution in [0.1, 0.15) is 22.9 Å². The molecule has 27 heavy (non-hydrogen) atoms. The van der Waals surface area contributed by atoms with Gasteiger partial charge in [0.05, 0.1) is 0 Å². The third-order valence-electron chi connectivity index (χ3n) is 4.83. The molecular formula is C21H19Cl2N3O. The van der Waals surface area contributed by atoms with E-state index in [9.17, 15) is 4.79 Å². The second kappa shape index (κ2) is 7.29. The molecule has 138 valence electrons. The second-order valence-electron chi connectivity index (χ2n) is 6.69. The first-order valence-electron chi connectivity index (χ1n) is 8.77. The van der Waals surface area contributed by atoms with Gasteiger partial charge < -0.3 is 14.8 Å². The summed E-state index contributed by atoms with van der Waals surface area (Å²) >= 11 is 12.6. The van der Waals surface area contributed by atoms with E-state index >= 15 is 0 Å². The van der Waals surface area contributed by atoms with Crippen molar-refractivity contribution in [3.05, 3.63) is 87.7 Å². The Hall–Kier alpha value is -2.43.